The molecule has 178 valence electrons. The summed E-state index contributed by atoms with van der Waals surface area (Å²) in [7, 11) is 0. The lowest BCUT2D eigenvalue weighted by Crippen LogP contribution is -2.29. The molecule has 0 amide bonds. The molecular weight excluding hydrogens is 516 g/mol. The van der Waals surface area contributed by atoms with Gasteiger partial charge in [-0.1, -0.05) is 34.1 Å². The summed E-state index contributed by atoms with van der Waals surface area (Å²) in [4.78, 5) is 6.96. The number of rotatable bonds is 4. The van der Waals surface area contributed by atoms with E-state index >= 15 is 0 Å². The molecule has 2 aromatic carbocycles. The maximum absolute atomic E-state index is 5.94. The van der Waals surface area contributed by atoms with Gasteiger partial charge in [-0.15, -0.1) is 0 Å². The Kier molecular flexibility index (Phi) is 6.28. The Hall–Kier alpha value is -2.96. The maximum Gasteiger partial charge on any atom is 0.174 e. The lowest BCUT2D eigenvalue weighted by molar-refractivity contribution is 0.565. The van der Waals surface area contributed by atoms with Gasteiger partial charge < -0.3 is 14.8 Å². The van der Waals surface area contributed by atoms with Crippen molar-refractivity contribution in [3.8, 4) is 5.69 Å². The molecule has 1 N–H and O–H groups in total. The summed E-state index contributed by atoms with van der Waals surface area (Å²) in [5, 5.41) is 4.30. The van der Waals surface area contributed by atoms with Crippen molar-refractivity contribution in [3.63, 3.8) is 0 Å². The summed E-state index contributed by atoms with van der Waals surface area (Å²) in [5.74, 6) is 0. The van der Waals surface area contributed by atoms with E-state index in [0.717, 1.165) is 15.9 Å². The molecule has 1 fully saturated rings. The first-order valence-corrected chi connectivity index (χ1v) is 13.0. The molecule has 2 aromatic heterocycles. The van der Waals surface area contributed by atoms with Crippen molar-refractivity contribution in [2.45, 2.75) is 46.7 Å². The molecule has 0 unspecified atom stereocenters. The zero-order chi connectivity index (χ0) is 24.9. The molecular formula is C29H29BrN4S. The van der Waals surface area contributed by atoms with Crippen molar-refractivity contribution in [1.29, 1.82) is 0 Å². The monoisotopic (exact) mass is 544 g/mol. The Bertz CT molecular complexity index is 1430. The van der Waals surface area contributed by atoms with Crippen LogP contribution in [0.1, 0.15) is 51.4 Å². The quantitative estimate of drug-likeness (QED) is 0.272. The van der Waals surface area contributed by atoms with E-state index in [4.69, 9.17) is 17.2 Å². The minimum Gasteiger partial charge on any atom is -0.351 e. The first kappa shape index (κ1) is 23.8. The van der Waals surface area contributed by atoms with Crippen LogP contribution in [-0.4, -0.2) is 14.7 Å². The molecule has 1 aliphatic rings. The van der Waals surface area contributed by atoms with Gasteiger partial charge in [0.2, 0.25) is 0 Å². The fraction of sp³-hybridized carbons (Fsp3) is 0.241. The van der Waals surface area contributed by atoms with Gasteiger partial charge in [-0.25, -0.2) is 0 Å². The second-order valence-electron chi connectivity index (χ2n) is 9.38. The summed E-state index contributed by atoms with van der Waals surface area (Å²) in [6, 6.07) is 21.3. The topological polar surface area (TPSA) is 33.1 Å². The molecule has 0 spiro atoms. The van der Waals surface area contributed by atoms with Crippen molar-refractivity contribution in [3.05, 3.63) is 111 Å². The van der Waals surface area contributed by atoms with E-state index in [-0.39, 0.29) is 12.1 Å². The normalized spacial score (nSPS) is 17.7. The minimum atomic E-state index is -0.0693. The molecule has 1 saturated heterocycles. The van der Waals surface area contributed by atoms with Crippen LogP contribution < -0.4 is 10.2 Å². The van der Waals surface area contributed by atoms with Crippen molar-refractivity contribution in [2.75, 3.05) is 4.90 Å². The Morgan fingerprint density at radius 1 is 0.914 bits per heavy atom. The Labute approximate surface area is 221 Å². The van der Waals surface area contributed by atoms with Crippen LogP contribution in [0.5, 0.6) is 0 Å². The molecule has 4 nitrogen and oxygen atoms in total. The Morgan fingerprint density at radius 2 is 1.71 bits per heavy atom. The van der Waals surface area contributed by atoms with Gasteiger partial charge in [0.05, 0.1) is 17.8 Å². The molecule has 2 atom stereocenters. The smallest absolute Gasteiger partial charge is 0.174 e. The summed E-state index contributed by atoms with van der Waals surface area (Å²) in [5.41, 5.74) is 10.6. The third-order valence-electron chi connectivity index (χ3n) is 6.91. The molecule has 4 aromatic rings. The zero-order valence-corrected chi connectivity index (χ0v) is 23.0. The first-order chi connectivity index (χ1) is 16.8. The average molecular weight is 546 g/mol. The number of pyridine rings is 1. The highest BCUT2D eigenvalue weighted by Crippen LogP contribution is 2.44. The number of nitrogens with one attached hydrogen (secondary N) is 1. The number of nitrogens with zero attached hydrogens (tertiary/aromatic N) is 3. The second-order valence-corrected chi connectivity index (χ2v) is 10.6. The van der Waals surface area contributed by atoms with Crippen LogP contribution in [0, 0.1) is 34.6 Å². The van der Waals surface area contributed by atoms with Crippen LogP contribution in [0.2, 0.25) is 0 Å². The predicted octanol–water partition coefficient (Wildman–Crippen LogP) is 7.35. The molecule has 0 radical (unpaired) electrons. The predicted molar refractivity (Wildman–Crippen MR) is 152 cm³/mol. The minimum absolute atomic E-state index is 0.0389. The van der Waals surface area contributed by atoms with Gasteiger partial charge in [0, 0.05) is 33.4 Å². The summed E-state index contributed by atoms with van der Waals surface area (Å²) < 4.78 is 3.46. The molecule has 1 aliphatic heterocycles. The molecule has 6 heteroatoms. The van der Waals surface area contributed by atoms with Crippen LogP contribution in [0.15, 0.2) is 71.3 Å². The number of hydrogen-bond acceptors (Lipinski definition) is 2. The molecule has 0 bridgehead atoms. The third-order valence-corrected chi connectivity index (χ3v) is 8.12. The Balaban J connectivity index is 1.71. The van der Waals surface area contributed by atoms with Gasteiger partial charge in [0.25, 0.3) is 0 Å². The maximum atomic E-state index is 5.94. The highest BCUT2D eigenvalue weighted by molar-refractivity contribution is 9.10. The number of anilines is 1. The van der Waals surface area contributed by atoms with Crippen LogP contribution in [0.4, 0.5) is 5.69 Å². The third kappa shape index (κ3) is 4.19. The largest absolute Gasteiger partial charge is 0.351 e. The number of thiocarbonyl (C=S) groups is 1. The van der Waals surface area contributed by atoms with E-state index in [9.17, 15) is 0 Å². The highest BCUT2D eigenvalue weighted by atomic mass is 79.9. The van der Waals surface area contributed by atoms with Gasteiger partial charge in [-0.05, 0) is 112 Å². The average Bonchev–Trinajstić information content (AvgIpc) is 3.33. The summed E-state index contributed by atoms with van der Waals surface area (Å²) >= 11 is 9.58. The van der Waals surface area contributed by atoms with Crippen LogP contribution in [0.25, 0.3) is 5.69 Å². The zero-order valence-electron chi connectivity index (χ0n) is 20.6. The lowest BCUT2D eigenvalue weighted by atomic mass is 9.96. The van der Waals surface area contributed by atoms with Crippen molar-refractivity contribution in [1.82, 2.24) is 14.9 Å². The van der Waals surface area contributed by atoms with E-state index < -0.39 is 0 Å². The van der Waals surface area contributed by atoms with E-state index in [1.807, 2.05) is 18.3 Å². The van der Waals surface area contributed by atoms with Crippen LogP contribution in [-0.2, 0) is 0 Å². The highest BCUT2D eigenvalue weighted by Gasteiger charge is 2.42. The van der Waals surface area contributed by atoms with Gasteiger partial charge in [-0.3, -0.25) is 4.98 Å². The Morgan fingerprint density at radius 3 is 2.43 bits per heavy atom. The standard InChI is InChI=1S/C29H29BrN4S/c1-17-9-10-18(2)26(14-17)33-20(4)16-23(21(33)5)28-27(25-8-6-7-13-31-25)32-29(35)34(28)22-11-12-24(30)19(3)15-22/h6-16,27-28H,1-5H3,(H,32,35)/t27-,28-/m0/s1. The molecule has 3 heterocycles. The number of benzene rings is 2. The number of halogens is 1. The van der Waals surface area contributed by atoms with Gasteiger partial charge in [-0.2, -0.15) is 0 Å². The number of hydrogen-bond donors (Lipinski definition) is 1. The number of aryl methyl sites for hydroxylation is 4. The van der Waals surface area contributed by atoms with Crippen molar-refractivity contribution in [2.24, 2.45) is 0 Å². The lowest BCUT2D eigenvalue weighted by Gasteiger charge is -2.28. The van der Waals surface area contributed by atoms with E-state index in [1.54, 1.807) is 0 Å². The molecule has 5 rings (SSSR count). The SMILES string of the molecule is Cc1ccc(C)c(-n2c(C)cc([C@H]3[C@H](c4ccccn4)NC(=S)N3c3ccc(Br)c(C)c3)c2C)c1. The van der Waals surface area contributed by atoms with Gasteiger partial charge >= 0.3 is 0 Å². The van der Waals surface area contributed by atoms with Gasteiger partial charge in [0.1, 0.15) is 0 Å². The summed E-state index contributed by atoms with van der Waals surface area (Å²) in [6.45, 7) is 10.8. The number of aromatic nitrogens is 2. The molecule has 0 aliphatic carbocycles. The first-order valence-electron chi connectivity index (χ1n) is 11.8. The van der Waals surface area contributed by atoms with Crippen molar-refractivity contribution >= 4 is 38.9 Å². The van der Waals surface area contributed by atoms with E-state index in [1.165, 1.54) is 39.3 Å². The van der Waals surface area contributed by atoms with Crippen LogP contribution in [0.3, 0.4) is 0 Å². The van der Waals surface area contributed by atoms with E-state index in [0.29, 0.717) is 5.11 Å². The fourth-order valence-corrected chi connectivity index (χ4v) is 5.74. The summed E-state index contributed by atoms with van der Waals surface area (Å²) in [6.07, 6.45) is 1.85. The van der Waals surface area contributed by atoms with Gasteiger partial charge in [0.15, 0.2) is 5.11 Å². The fourth-order valence-electron chi connectivity index (χ4n) is 5.15. The van der Waals surface area contributed by atoms with Crippen LogP contribution >= 0.6 is 28.1 Å². The second kappa shape index (κ2) is 9.25. The van der Waals surface area contributed by atoms with E-state index in [2.05, 4.69) is 114 Å². The van der Waals surface area contributed by atoms with Crippen molar-refractivity contribution < 1.29 is 0 Å². The molecule has 35 heavy (non-hydrogen) atoms. The molecule has 0 saturated carbocycles.